The Labute approximate surface area is 124 Å². The van der Waals surface area contributed by atoms with E-state index in [0.29, 0.717) is 17.4 Å². The van der Waals surface area contributed by atoms with Crippen LogP contribution in [-0.2, 0) is 0 Å². The summed E-state index contributed by atoms with van der Waals surface area (Å²) >= 11 is 5.93. The van der Waals surface area contributed by atoms with Crippen LogP contribution in [0.25, 0.3) is 10.9 Å². The molecule has 1 aromatic heterocycles. The molecule has 1 aromatic carbocycles. The fraction of sp³-hybridized carbons (Fsp3) is 0.375. The van der Waals surface area contributed by atoms with Crippen molar-refractivity contribution in [1.29, 1.82) is 0 Å². The number of amides is 1. The van der Waals surface area contributed by atoms with Gasteiger partial charge in [-0.15, -0.1) is 11.6 Å². The summed E-state index contributed by atoms with van der Waals surface area (Å²) in [4.78, 5) is 16.7. The second-order valence-electron chi connectivity index (χ2n) is 5.33. The lowest BCUT2D eigenvalue weighted by Gasteiger charge is -2.18. The number of nitrogens with zero attached hydrogens (tertiary/aromatic N) is 1. The maximum absolute atomic E-state index is 12.4. The van der Waals surface area contributed by atoms with Crippen molar-refractivity contribution in [3.63, 3.8) is 0 Å². The van der Waals surface area contributed by atoms with E-state index in [-0.39, 0.29) is 11.9 Å². The summed E-state index contributed by atoms with van der Waals surface area (Å²) in [7, 11) is 0. The van der Waals surface area contributed by atoms with E-state index in [0.717, 1.165) is 17.3 Å². The van der Waals surface area contributed by atoms with Crippen LogP contribution in [0.4, 0.5) is 0 Å². The zero-order chi connectivity index (χ0) is 14.5. The summed E-state index contributed by atoms with van der Waals surface area (Å²) in [6.07, 6.45) is 2.54. The van der Waals surface area contributed by atoms with Gasteiger partial charge >= 0.3 is 0 Å². The molecule has 20 heavy (non-hydrogen) atoms. The van der Waals surface area contributed by atoms with Gasteiger partial charge < -0.3 is 5.32 Å². The fourth-order valence-electron chi connectivity index (χ4n) is 2.29. The van der Waals surface area contributed by atoms with Gasteiger partial charge in [0.05, 0.1) is 11.1 Å². The molecule has 1 N–H and O–H groups in total. The molecule has 0 spiro atoms. The molecular formula is C16H19ClN2O. The molecule has 0 aliphatic heterocycles. The van der Waals surface area contributed by atoms with E-state index in [2.05, 4.69) is 24.1 Å². The zero-order valence-electron chi connectivity index (χ0n) is 11.8. The quantitative estimate of drug-likeness (QED) is 0.855. The summed E-state index contributed by atoms with van der Waals surface area (Å²) in [5, 5.41) is 3.87. The number of nitrogens with one attached hydrogen (secondary N) is 1. The van der Waals surface area contributed by atoms with Gasteiger partial charge in [-0.1, -0.05) is 32.0 Å². The Hall–Kier alpha value is -1.61. The molecule has 2 rings (SSSR count). The molecule has 1 heterocycles. The minimum Gasteiger partial charge on any atom is -0.348 e. The molecule has 0 saturated carbocycles. The van der Waals surface area contributed by atoms with Gasteiger partial charge in [-0.25, -0.2) is 0 Å². The number of fused-ring (bicyclic) bond motifs is 1. The Bertz CT molecular complexity index is 593. The summed E-state index contributed by atoms with van der Waals surface area (Å²) in [5.74, 6) is 0.829. The molecular weight excluding hydrogens is 272 g/mol. The van der Waals surface area contributed by atoms with Gasteiger partial charge in [-0.3, -0.25) is 9.78 Å². The molecule has 1 amide bonds. The number of carbonyl (C=O) groups excluding carboxylic acids is 1. The van der Waals surface area contributed by atoms with Crippen molar-refractivity contribution in [2.24, 2.45) is 5.92 Å². The van der Waals surface area contributed by atoms with Gasteiger partial charge in [0, 0.05) is 23.5 Å². The highest BCUT2D eigenvalue weighted by Crippen LogP contribution is 2.16. The molecule has 0 aliphatic rings. The van der Waals surface area contributed by atoms with Crippen molar-refractivity contribution in [3.8, 4) is 0 Å². The van der Waals surface area contributed by atoms with Crippen molar-refractivity contribution < 1.29 is 4.79 Å². The number of pyridine rings is 1. The number of aromatic nitrogens is 1. The first-order valence-electron chi connectivity index (χ1n) is 6.82. The molecule has 1 unspecified atom stereocenters. The molecule has 4 heteroatoms. The van der Waals surface area contributed by atoms with E-state index < -0.39 is 0 Å². The lowest BCUT2D eigenvalue weighted by atomic mass is 10.0. The standard InChI is InChI=1S/C16H19ClN2O/c1-11(2)9-12(10-17)19-16(20)14-7-8-18-15-6-4-3-5-13(14)15/h3-8,11-12H,9-10H2,1-2H3,(H,19,20). The van der Waals surface area contributed by atoms with Gasteiger partial charge in [0.25, 0.3) is 5.91 Å². The van der Waals surface area contributed by atoms with E-state index in [4.69, 9.17) is 11.6 Å². The lowest BCUT2D eigenvalue weighted by Crippen LogP contribution is -2.37. The van der Waals surface area contributed by atoms with Crippen LogP contribution >= 0.6 is 11.6 Å². The Kier molecular flexibility index (Phi) is 4.96. The van der Waals surface area contributed by atoms with Gasteiger partial charge in [0.2, 0.25) is 0 Å². The second kappa shape index (κ2) is 6.71. The van der Waals surface area contributed by atoms with E-state index in [1.807, 2.05) is 24.3 Å². The number of rotatable bonds is 5. The highest BCUT2D eigenvalue weighted by atomic mass is 35.5. The summed E-state index contributed by atoms with van der Waals surface area (Å²) < 4.78 is 0. The number of carbonyl (C=O) groups is 1. The molecule has 2 aromatic rings. The third kappa shape index (κ3) is 3.48. The third-order valence-corrected chi connectivity index (χ3v) is 3.54. The summed E-state index contributed by atoms with van der Waals surface area (Å²) in [5.41, 5.74) is 1.47. The monoisotopic (exact) mass is 290 g/mol. The predicted molar refractivity (Wildman–Crippen MR) is 83.2 cm³/mol. The van der Waals surface area contributed by atoms with E-state index in [9.17, 15) is 4.79 Å². The molecule has 106 valence electrons. The van der Waals surface area contributed by atoms with Gasteiger partial charge in [0.1, 0.15) is 0 Å². The molecule has 0 saturated heterocycles. The zero-order valence-corrected chi connectivity index (χ0v) is 12.5. The number of halogens is 1. The Morgan fingerprint density at radius 1 is 1.30 bits per heavy atom. The minimum atomic E-state index is -0.0881. The highest BCUT2D eigenvalue weighted by molar-refractivity contribution is 6.18. The van der Waals surface area contributed by atoms with Gasteiger partial charge in [0.15, 0.2) is 0 Å². The molecule has 0 aliphatic carbocycles. The minimum absolute atomic E-state index is 0.00362. The number of benzene rings is 1. The average molecular weight is 291 g/mol. The number of hydrogen-bond acceptors (Lipinski definition) is 2. The van der Waals surface area contributed by atoms with Crippen molar-refractivity contribution in [2.75, 3.05) is 5.88 Å². The smallest absolute Gasteiger partial charge is 0.252 e. The summed E-state index contributed by atoms with van der Waals surface area (Å²) in [6, 6.07) is 9.38. The third-order valence-electron chi connectivity index (χ3n) is 3.17. The van der Waals surface area contributed by atoms with Crippen molar-refractivity contribution in [3.05, 3.63) is 42.1 Å². The SMILES string of the molecule is CC(C)CC(CCl)NC(=O)c1ccnc2ccccc12. The van der Waals surface area contributed by atoms with E-state index in [1.54, 1.807) is 12.3 Å². The number of hydrogen-bond donors (Lipinski definition) is 1. The predicted octanol–water partition coefficient (Wildman–Crippen LogP) is 3.62. The Balaban J connectivity index is 2.23. The molecule has 3 nitrogen and oxygen atoms in total. The molecule has 0 fully saturated rings. The largest absolute Gasteiger partial charge is 0.348 e. The number of alkyl halides is 1. The first-order chi connectivity index (χ1) is 9.61. The topological polar surface area (TPSA) is 42.0 Å². The van der Waals surface area contributed by atoms with Crippen LogP contribution in [0.5, 0.6) is 0 Å². The van der Waals surface area contributed by atoms with Crippen molar-refractivity contribution in [1.82, 2.24) is 10.3 Å². The Morgan fingerprint density at radius 3 is 2.75 bits per heavy atom. The van der Waals surface area contributed by atoms with Crippen LogP contribution in [0.15, 0.2) is 36.5 Å². The maximum Gasteiger partial charge on any atom is 0.252 e. The number of para-hydroxylation sites is 1. The summed E-state index contributed by atoms with van der Waals surface area (Å²) in [6.45, 7) is 4.24. The van der Waals surface area contributed by atoms with Crippen LogP contribution in [0.2, 0.25) is 0 Å². The van der Waals surface area contributed by atoms with Crippen molar-refractivity contribution in [2.45, 2.75) is 26.3 Å². The first-order valence-corrected chi connectivity index (χ1v) is 7.36. The van der Waals surface area contributed by atoms with Crippen LogP contribution in [0.3, 0.4) is 0 Å². The van der Waals surface area contributed by atoms with Gasteiger partial charge in [-0.05, 0) is 24.5 Å². The average Bonchev–Trinajstić information content (AvgIpc) is 2.45. The van der Waals surface area contributed by atoms with E-state index in [1.165, 1.54) is 0 Å². The lowest BCUT2D eigenvalue weighted by molar-refractivity contribution is 0.0938. The highest BCUT2D eigenvalue weighted by Gasteiger charge is 2.16. The van der Waals surface area contributed by atoms with E-state index >= 15 is 0 Å². The normalized spacial score (nSPS) is 12.6. The molecule has 1 atom stereocenters. The molecule has 0 bridgehead atoms. The second-order valence-corrected chi connectivity index (χ2v) is 5.64. The molecule has 0 radical (unpaired) electrons. The van der Waals surface area contributed by atoms with Gasteiger partial charge in [-0.2, -0.15) is 0 Å². The fourth-order valence-corrected chi connectivity index (χ4v) is 2.49. The van der Waals surface area contributed by atoms with Crippen molar-refractivity contribution >= 4 is 28.4 Å². The van der Waals surface area contributed by atoms with Crippen LogP contribution < -0.4 is 5.32 Å². The van der Waals surface area contributed by atoms with Crippen LogP contribution in [0.1, 0.15) is 30.6 Å². The first kappa shape index (κ1) is 14.8. The van der Waals surface area contributed by atoms with Crippen LogP contribution in [0, 0.1) is 5.92 Å². The Morgan fingerprint density at radius 2 is 2.05 bits per heavy atom. The maximum atomic E-state index is 12.4. The van der Waals surface area contributed by atoms with Crippen LogP contribution in [-0.4, -0.2) is 22.8 Å².